The molecule has 0 unspecified atom stereocenters. The molecule has 0 aliphatic carbocycles. The first-order valence-corrected chi connectivity index (χ1v) is 7.52. The Morgan fingerprint density at radius 3 is 2.72 bits per heavy atom. The minimum atomic E-state index is -0.477. The zero-order valence-electron chi connectivity index (χ0n) is 13.4. The summed E-state index contributed by atoms with van der Waals surface area (Å²) in [5, 5.41) is 9.71. The lowest BCUT2D eigenvalue weighted by atomic mass is 10.1. The van der Waals surface area contributed by atoms with Crippen LogP contribution in [0.3, 0.4) is 0 Å². The molecule has 0 amide bonds. The maximum absolute atomic E-state index is 12.3. The summed E-state index contributed by atoms with van der Waals surface area (Å²) in [5.74, 6) is 4.80. The van der Waals surface area contributed by atoms with E-state index in [9.17, 15) is 14.7 Å². The van der Waals surface area contributed by atoms with Crippen LogP contribution in [0.25, 0.3) is 11.0 Å². The third-order valence-electron chi connectivity index (χ3n) is 3.54. The minimum Gasteiger partial charge on any atom is -0.508 e. The van der Waals surface area contributed by atoms with Gasteiger partial charge in [-0.1, -0.05) is 29.5 Å². The number of hydrogen-bond donors (Lipinski definition) is 1. The summed E-state index contributed by atoms with van der Waals surface area (Å²) in [6.45, 7) is 1.79. The number of rotatable bonds is 2. The van der Waals surface area contributed by atoms with Gasteiger partial charge in [-0.2, -0.15) is 0 Å². The maximum atomic E-state index is 12.3. The minimum absolute atomic E-state index is 0.0116. The lowest BCUT2D eigenvalue weighted by molar-refractivity contribution is 0.0556. The molecule has 0 aliphatic rings. The van der Waals surface area contributed by atoms with Gasteiger partial charge in [0, 0.05) is 6.07 Å². The smallest absolute Gasteiger partial charge is 0.339 e. The zero-order valence-corrected chi connectivity index (χ0v) is 13.4. The molecule has 124 valence electrons. The van der Waals surface area contributed by atoms with E-state index in [2.05, 4.69) is 11.8 Å². The largest absolute Gasteiger partial charge is 0.508 e. The molecule has 1 aromatic heterocycles. The average molecular weight is 334 g/mol. The number of phenolic OH excluding ortho intramolecular Hbond substituents is 1. The Kier molecular flexibility index (Phi) is 4.53. The summed E-state index contributed by atoms with van der Waals surface area (Å²) in [5.41, 5.74) is 1.62. The summed E-state index contributed by atoms with van der Waals surface area (Å²) in [6, 6.07) is 11.2. The van der Waals surface area contributed by atoms with Crippen molar-refractivity contribution in [3.63, 3.8) is 0 Å². The van der Waals surface area contributed by atoms with Crippen molar-refractivity contribution in [2.45, 2.75) is 6.92 Å². The number of aromatic hydroxyl groups is 1. The highest BCUT2D eigenvalue weighted by Gasteiger charge is 2.07. The van der Waals surface area contributed by atoms with Crippen LogP contribution in [0.4, 0.5) is 0 Å². The number of carbonyl (C=O) groups is 1. The quantitative estimate of drug-likeness (QED) is 0.576. The highest BCUT2D eigenvalue weighted by Crippen LogP contribution is 2.17. The fraction of sp³-hybridized carbons (Fsp3) is 0.100. The molecule has 25 heavy (non-hydrogen) atoms. The number of esters is 1. The van der Waals surface area contributed by atoms with Gasteiger partial charge < -0.3 is 14.3 Å². The second-order valence-corrected chi connectivity index (χ2v) is 5.40. The van der Waals surface area contributed by atoms with Crippen molar-refractivity contribution in [3.05, 3.63) is 75.6 Å². The van der Waals surface area contributed by atoms with Crippen molar-refractivity contribution in [2.24, 2.45) is 0 Å². The van der Waals surface area contributed by atoms with Gasteiger partial charge in [-0.25, -0.2) is 4.79 Å². The first-order chi connectivity index (χ1) is 12.0. The van der Waals surface area contributed by atoms with Crippen LogP contribution in [0.1, 0.15) is 21.5 Å². The lowest BCUT2D eigenvalue weighted by Crippen LogP contribution is -2.07. The molecule has 1 N–H and O–H groups in total. The van der Waals surface area contributed by atoms with Crippen molar-refractivity contribution in [1.82, 2.24) is 0 Å². The molecule has 0 radical (unpaired) electrons. The summed E-state index contributed by atoms with van der Waals surface area (Å²) in [7, 11) is 0. The van der Waals surface area contributed by atoms with Crippen LogP contribution >= 0.6 is 0 Å². The summed E-state index contributed by atoms with van der Waals surface area (Å²) in [6.07, 6.45) is 1.22. The van der Waals surface area contributed by atoms with Crippen LogP contribution in [0, 0.1) is 18.8 Å². The molecule has 0 spiro atoms. The molecule has 0 saturated carbocycles. The number of ether oxygens (including phenoxy) is 1. The average Bonchev–Trinajstić information content (AvgIpc) is 2.60. The second-order valence-electron chi connectivity index (χ2n) is 5.40. The van der Waals surface area contributed by atoms with Crippen LogP contribution in [-0.4, -0.2) is 17.7 Å². The number of phenols is 1. The van der Waals surface area contributed by atoms with E-state index in [-0.39, 0.29) is 28.9 Å². The Morgan fingerprint density at radius 2 is 1.96 bits per heavy atom. The fourth-order valence-electron chi connectivity index (χ4n) is 2.21. The molecular formula is C20H14O5. The molecule has 0 saturated heterocycles. The van der Waals surface area contributed by atoms with Gasteiger partial charge in [0.2, 0.25) is 5.43 Å². The third-order valence-corrected chi connectivity index (χ3v) is 3.54. The zero-order chi connectivity index (χ0) is 17.8. The lowest BCUT2D eigenvalue weighted by Gasteiger charge is -2.01. The predicted molar refractivity (Wildman–Crippen MR) is 92.5 cm³/mol. The molecule has 0 bridgehead atoms. The number of benzene rings is 2. The molecule has 2 aromatic carbocycles. The monoisotopic (exact) mass is 334 g/mol. The van der Waals surface area contributed by atoms with E-state index in [1.807, 2.05) is 19.1 Å². The summed E-state index contributed by atoms with van der Waals surface area (Å²) < 4.78 is 10.3. The molecule has 0 fully saturated rings. The number of hydrogen-bond acceptors (Lipinski definition) is 5. The van der Waals surface area contributed by atoms with Gasteiger partial charge in [-0.05, 0) is 31.2 Å². The van der Waals surface area contributed by atoms with Crippen molar-refractivity contribution in [3.8, 4) is 17.6 Å². The van der Waals surface area contributed by atoms with Gasteiger partial charge in [0.1, 0.15) is 23.2 Å². The maximum Gasteiger partial charge on any atom is 0.339 e. The van der Waals surface area contributed by atoms with Gasteiger partial charge in [0.25, 0.3) is 0 Å². The highest BCUT2D eigenvalue weighted by molar-refractivity contribution is 5.89. The van der Waals surface area contributed by atoms with Crippen LogP contribution in [0.15, 0.2) is 57.9 Å². The SMILES string of the molecule is Cc1ccc(C(=O)OCC#Cc2coc3cc(O)ccc3c2=O)cc1. The van der Waals surface area contributed by atoms with E-state index in [0.29, 0.717) is 10.9 Å². The van der Waals surface area contributed by atoms with E-state index in [1.54, 1.807) is 12.1 Å². The van der Waals surface area contributed by atoms with Crippen molar-refractivity contribution >= 4 is 16.9 Å². The Balaban J connectivity index is 1.71. The Labute approximate surface area is 143 Å². The standard InChI is InChI=1S/C20H14O5/c1-13-4-6-14(7-5-13)20(23)24-10-2-3-15-12-25-18-11-16(21)8-9-17(18)19(15)22/h4-9,11-12,21H,10H2,1H3. The Bertz CT molecular complexity index is 1050. The number of fused-ring (bicyclic) bond motifs is 1. The van der Waals surface area contributed by atoms with Crippen molar-refractivity contribution in [2.75, 3.05) is 6.61 Å². The molecule has 0 aliphatic heterocycles. The number of aryl methyl sites for hydroxylation is 1. The molecule has 5 heteroatoms. The van der Waals surface area contributed by atoms with Crippen LogP contribution < -0.4 is 5.43 Å². The summed E-state index contributed by atoms with van der Waals surface area (Å²) in [4.78, 5) is 24.1. The molecule has 3 aromatic rings. The molecule has 3 rings (SSSR count). The summed E-state index contributed by atoms with van der Waals surface area (Å²) >= 11 is 0. The van der Waals surface area contributed by atoms with Gasteiger partial charge in [0.05, 0.1) is 10.9 Å². The highest BCUT2D eigenvalue weighted by atomic mass is 16.5. The molecular weight excluding hydrogens is 320 g/mol. The van der Waals surface area contributed by atoms with Crippen LogP contribution in [0.5, 0.6) is 5.75 Å². The normalized spacial score (nSPS) is 10.1. The van der Waals surface area contributed by atoms with E-state index in [1.165, 1.54) is 24.5 Å². The van der Waals surface area contributed by atoms with Crippen molar-refractivity contribution in [1.29, 1.82) is 0 Å². The molecule has 0 atom stereocenters. The van der Waals surface area contributed by atoms with E-state index in [4.69, 9.17) is 9.15 Å². The molecule has 1 heterocycles. The van der Waals surface area contributed by atoms with Crippen LogP contribution in [0.2, 0.25) is 0 Å². The van der Waals surface area contributed by atoms with E-state index < -0.39 is 5.97 Å². The Hall–Kier alpha value is -3.52. The van der Waals surface area contributed by atoms with Gasteiger partial charge >= 0.3 is 5.97 Å². The topological polar surface area (TPSA) is 76.7 Å². The van der Waals surface area contributed by atoms with E-state index in [0.717, 1.165) is 5.56 Å². The second kappa shape index (κ2) is 6.93. The first-order valence-electron chi connectivity index (χ1n) is 7.52. The predicted octanol–water partition coefficient (Wildman–Crippen LogP) is 3.02. The van der Waals surface area contributed by atoms with Crippen LogP contribution in [-0.2, 0) is 4.74 Å². The van der Waals surface area contributed by atoms with E-state index >= 15 is 0 Å². The number of carbonyl (C=O) groups excluding carboxylic acids is 1. The van der Waals surface area contributed by atoms with Gasteiger partial charge in [-0.3, -0.25) is 4.79 Å². The molecule has 5 nitrogen and oxygen atoms in total. The van der Waals surface area contributed by atoms with Gasteiger partial charge in [-0.15, -0.1) is 0 Å². The first kappa shape index (κ1) is 16.3. The van der Waals surface area contributed by atoms with Gasteiger partial charge in [0.15, 0.2) is 6.61 Å². The third kappa shape index (κ3) is 3.70. The Morgan fingerprint density at radius 1 is 1.20 bits per heavy atom. The van der Waals surface area contributed by atoms with Crippen molar-refractivity contribution < 1.29 is 19.1 Å². The fourth-order valence-corrected chi connectivity index (χ4v) is 2.21.